The average molecular weight is 451 g/mol. The molecule has 28 heavy (non-hydrogen) atoms. The second kappa shape index (κ2) is 9.56. The Morgan fingerprint density at radius 1 is 1.32 bits per heavy atom. The van der Waals surface area contributed by atoms with E-state index in [9.17, 15) is 9.59 Å². The molecule has 3 rings (SSSR count). The number of fused-ring (bicyclic) bond motifs is 4. The van der Waals surface area contributed by atoms with Crippen LogP contribution in [-0.2, 0) is 20.9 Å². The van der Waals surface area contributed by atoms with Crippen molar-refractivity contribution in [2.45, 2.75) is 51.4 Å². The number of ether oxygens (including phenoxy) is 2. The molecule has 2 heterocycles. The van der Waals surface area contributed by atoms with Crippen LogP contribution in [0.25, 0.3) is 5.57 Å². The highest BCUT2D eigenvalue weighted by Gasteiger charge is 2.34. The Kier molecular flexibility index (Phi) is 7.13. The first-order chi connectivity index (χ1) is 13.5. The Hall–Kier alpha value is -1.86. The number of hydrogen-bond acceptors (Lipinski definition) is 4. The van der Waals surface area contributed by atoms with Gasteiger partial charge in [-0.05, 0) is 60.6 Å². The molecule has 0 aliphatic carbocycles. The minimum absolute atomic E-state index is 0.0119. The van der Waals surface area contributed by atoms with Gasteiger partial charge < -0.3 is 19.7 Å². The SMILES string of the molecule is C=C1CCCOC(=O)NCC(=O)N2C[C@@H](CC2CC)OCc2cc(Br)cc1c2. The first kappa shape index (κ1) is 20.9. The molecule has 1 fully saturated rings. The molecule has 2 amide bonds. The molecule has 2 aliphatic rings. The third-order valence-corrected chi connectivity index (χ3v) is 5.72. The molecule has 1 unspecified atom stereocenters. The van der Waals surface area contributed by atoms with Crippen LogP contribution in [0.3, 0.4) is 0 Å². The van der Waals surface area contributed by atoms with Crippen molar-refractivity contribution < 1.29 is 19.1 Å². The van der Waals surface area contributed by atoms with Crippen molar-refractivity contribution in [3.8, 4) is 0 Å². The molecule has 7 heteroatoms. The van der Waals surface area contributed by atoms with Gasteiger partial charge in [0.2, 0.25) is 5.91 Å². The number of allylic oxidation sites excluding steroid dienone is 1. The lowest BCUT2D eigenvalue weighted by atomic mass is 10.0. The molecule has 0 aromatic heterocycles. The predicted octanol–water partition coefficient (Wildman–Crippen LogP) is 3.88. The fourth-order valence-corrected chi connectivity index (χ4v) is 4.27. The molecule has 1 N–H and O–H groups in total. The highest BCUT2D eigenvalue weighted by atomic mass is 79.9. The number of benzene rings is 1. The summed E-state index contributed by atoms with van der Waals surface area (Å²) in [4.78, 5) is 26.2. The van der Waals surface area contributed by atoms with Gasteiger partial charge in [-0.2, -0.15) is 0 Å². The summed E-state index contributed by atoms with van der Waals surface area (Å²) < 4.78 is 12.3. The minimum Gasteiger partial charge on any atom is -0.450 e. The Balaban J connectivity index is 1.78. The molecule has 0 radical (unpaired) electrons. The number of carbonyl (C=O) groups is 2. The molecule has 0 spiro atoms. The number of halogens is 1. The van der Waals surface area contributed by atoms with Gasteiger partial charge in [-0.1, -0.05) is 29.4 Å². The zero-order valence-corrected chi connectivity index (χ0v) is 17.8. The zero-order chi connectivity index (χ0) is 20.1. The summed E-state index contributed by atoms with van der Waals surface area (Å²) in [6.45, 7) is 7.49. The van der Waals surface area contributed by atoms with E-state index in [-0.39, 0.29) is 31.2 Å². The van der Waals surface area contributed by atoms with Crippen LogP contribution in [0, 0.1) is 0 Å². The van der Waals surface area contributed by atoms with E-state index in [1.54, 1.807) is 0 Å². The second-order valence-corrected chi connectivity index (χ2v) is 8.24. The summed E-state index contributed by atoms with van der Waals surface area (Å²) >= 11 is 3.57. The minimum atomic E-state index is -0.562. The molecule has 2 atom stereocenters. The summed E-state index contributed by atoms with van der Waals surface area (Å²) in [5, 5.41) is 2.56. The number of rotatable bonds is 1. The zero-order valence-electron chi connectivity index (χ0n) is 16.2. The number of cyclic esters (lactones) is 1. The van der Waals surface area contributed by atoms with Crippen LogP contribution in [0.4, 0.5) is 4.79 Å². The number of alkyl carbamates (subject to hydrolysis) is 1. The standard InChI is InChI=1S/C21H27BrN2O4/c1-3-18-10-19-12-24(18)20(25)11-23-21(26)27-6-4-5-14(2)16-7-15(13-28-19)8-17(22)9-16/h7-9,18-19H,2-6,10-13H2,1H3,(H,23,26)/t18?,19-/m1/s1. The summed E-state index contributed by atoms with van der Waals surface area (Å²) in [5.74, 6) is -0.0997. The third-order valence-electron chi connectivity index (χ3n) is 5.26. The van der Waals surface area contributed by atoms with Gasteiger partial charge in [0.15, 0.2) is 0 Å². The fourth-order valence-electron chi connectivity index (χ4n) is 3.73. The molecule has 0 saturated carbocycles. The van der Waals surface area contributed by atoms with Crippen LogP contribution >= 0.6 is 15.9 Å². The van der Waals surface area contributed by atoms with E-state index in [1.165, 1.54) is 0 Å². The molecule has 4 bridgehead atoms. The lowest BCUT2D eigenvalue weighted by Crippen LogP contribution is -2.43. The van der Waals surface area contributed by atoms with Gasteiger partial charge in [0, 0.05) is 17.1 Å². The normalized spacial score (nSPS) is 24.5. The van der Waals surface area contributed by atoms with E-state index >= 15 is 0 Å². The van der Waals surface area contributed by atoms with Crippen molar-refractivity contribution >= 4 is 33.5 Å². The molecule has 152 valence electrons. The van der Waals surface area contributed by atoms with Crippen LogP contribution < -0.4 is 5.32 Å². The molecule has 2 aliphatic heterocycles. The van der Waals surface area contributed by atoms with Crippen LogP contribution in [0.1, 0.15) is 43.7 Å². The fraction of sp³-hybridized carbons (Fsp3) is 0.524. The average Bonchev–Trinajstić information content (AvgIpc) is 3.10. The van der Waals surface area contributed by atoms with Gasteiger partial charge in [0.05, 0.1) is 19.3 Å². The van der Waals surface area contributed by atoms with Crippen LogP contribution in [0.15, 0.2) is 29.3 Å². The molecule has 6 nitrogen and oxygen atoms in total. The first-order valence-corrected chi connectivity index (χ1v) is 10.5. The second-order valence-electron chi connectivity index (χ2n) is 7.32. The van der Waals surface area contributed by atoms with Gasteiger partial charge in [-0.3, -0.25) is 4.79 Å². The van der Waals surface area contributed by atoms with E-state index in [4.69, 9.17) is 9.47 Å². The molecule has 1 saturated heterocycles. The number of carbonyl (C=O) groups excluding carboxylic acids is 2. The number of hydrogen-bond donors (Lipinski definition) is 1. The predicted molar refractivity (Wildman–Crippen MR) is 111 cm³/mol. The van der Waals surface area contributed by atoms with Crippen LogP contribution in [-0.4, -0.2) is 48.7 Å². The summed E-state index contributed by atoms with van der Waals surface area (Å²) in [7, 11) is 0. The van der Waals surface area contributed by atoms with Gasteiger partial charge in [0.25, 0.3) is 0 Å². The van der Waals surface area contributed by atoms with Crippen LogP contribution in [0.5, 0.6) is 0 Å². The van der Waals surface area contributed by atoms with Gasteiger partial charge in [-0.15, -0.1) is 0 Å². The van der Waals surface area contributed by atoms with E-state index in [2.05, 4.69) is 40.8 Å². The van der Waals surface area contributed by atoms with Crippen molar-refractivity contribution in [3.05, 3.63) is 40.4 Å². The molecule has 1 aromatic rings. The van der Waals surface area contributed by atoms with Crippen molar-refractivity contribution in [2.75, 3.05) is 19.7 Å². The van der Waals surface area contributed by atoms with Gasteiger partial charge in [-0.25, -0.2) is 4.79 Å². The Morgan fingerprint density at radius 2 is 2.14 bits per heavy atom. The largest absolute Gasteiger partial charge is 0.450 e. The summed E-state index contributed by atoms with van der Waals surface area (Å²) in [6.07, 6.45) is 2.48. The highest BCUT2D eigenvalue weighted by molar-refractivity contribution is 9.10. The van der Waals surface area contributed by atoms with Crippen molar-refractivity contribution in [2.24, 2.45) is 0 Å². The quantitative estimate of drug-likeness (QED) is 0.704. The Morgan fingerprint density at radius 3 is 2.93 bits per heavy atom. The number of nitrogens with one attached hydrogen (secondary N) is 1. The molecular weight excluding hydrogens is 424 g/mol. The Labute approximate surface area is 174 Å². The van der Waals surface area contributed by atoms with Crippen molar-refractivity contribution in [3.63, 3.8) is 0 Å². The number of amides is 2. The topological polar surface area (TPSA) is 67.9 Å². The monoisotopic (exact) mass is 450 g/mol. The smallest absolute Gasteiger partial charge is 0.407 e. The van der Waals surface area contributed by atoms with E-state index in [0.717, 1.165) is 40.4 Å². The summed E-state index contributed by atoms with van der Waals surface area (Å²) in [5.41, 5.74) is 3.11. The summed E-state index contributed by atoms with van der Waals surface area (Å²) in [6, 6.07) is 6.31. The van der Waals surface area contributed by atoms with Crippen LogP contribution in [0.2, 0.25) is 0 Å². The van der Waals surface area contributed by atoms with Crippen molar-refractivity contribution in [1.29, 1.82) is 0 Å². The maximum atomic E-state index is 12.5. The Bertz CT molecular complexity index is 752. The van der Waals surface area contributed by atoms with E-state index < -0.39 is 6.09 Å². The maximum absolute atomic E-state index is 12.5. The van der Waals surface area contributed by atoms with E-state index in [0.29, 0.717) is 19.6 Å². The first-order valence-electron chi connectivity index (χ1n) is 9.75. The van der Waals surface area contributed by atoms with E-state index in [1.807, 2.05) is 17.0 Å². The lowest BCUT2D eigenvalue weighted by Gasteiger charge is -2.23. The molecule has 1 aromatic carbocycles. The van der Waals surface area contributed by atoms with Crippen molar-refractivity contribution in [1.82, 2.24) is 10.2 Å². The third kappa shape index (κ3) is 5.35. The van der Waals surface area contributed by atoms with Gasteiger partial charge >= 0.3 is 6.09 Å². The molecular formula is C21H27BrN2O4. The highest BCUT2D eigenvalue weighted by Crippen LogP contribution is 2.27. The lowest BCUT2D eigenvalue weighted by molar-refractivity contribution is -0.131. The van der Waals surface area contributed by atoms with Gasteiger partial charge in [0.1, 0.15) is 6.54 Å². The number of nitrogens with zero attached hydrogens (tertiary/aromatic N) is 1. The maximum Gasteiger partial charge on any atom is 0.407 e.